The van der Waals surface area contributed by atoms with Crippen molar-refractivity contribution in [2.24, 2.45) is 16.8 Å². The standard InChI is InChI=1S/C15H22N2O3/c1-10-3-5-11(6-4-10)20-14-9-12(19-2)7-8-13(14)15(16)17-18/h7-11,18H,3-6H2,1-2H3,(H2,16,17). The highest BCUT2D eigenvalue weighted by Gasteiger charge is 2.21. The molecule has 0 radical (unpaired) electrons. The van der Waals surface area contributed by atoms with Crippen LogP contribution in [-0.4, -0.2) is 24.3 Å². The highest BCUT2D eigenvalue weighted by Crippen LogP contribution is 2.31. The summed E-state index contributed by atoms with van der Waals surface area (Å²) in [5.41, 5.74) is 6.28. The van der Waals surface area contributed by atoms with E-state index >= 15 is 0 Å². The topological polar surface area (TPSA) is 77.1 Å². The molecule has 0 aliphatic heterocycles. The number of nitrogens with zero attached hydrogens (tertiary/aromatic N) is 1. The third-order valence-electron chi connectivity index (χ3n) is 3.83. The van der Waals surface area contributed by atoms with Crippen LogP contribution in [-0.2, 0) is 0 Å². The maximum Gasteiger partial charge on any atom is 0.173 e. The average Bonchev–Trinajstić information content (AvgIpc) is 2.48. The number of oxime groups is 1. The first-order valence-corrected chi connectivity index (χ1v) is 6.96. The van der Waals surface area contributed by atoms with E-state index in [1.807, 2.05) is 0 Å². The molecule has 1 aromatic rings. The van der Waals surface area contributed by atoms with Gasteiger partial charge < -0.3 is 20.4 Å². The van der Waals surface area contributed by atoms with E-state index in [-0.39, 0.29) is 11.9 Å². The lowest BCUT2D eigenvalue weighted by molar-refractivity contribution is 0.135. The van der Waals surface area contributed by atoms with Gasteiger partial charge >= 0.3 is 0 Å². The van der Waals surface area contributed by atoms with Crippen LogP contribution in [0.25, 0.3) is 0 Å². The zero-order valence-electron chi connectivity index (χ0n) is 12.0. The molecular weight excluding hydrogens is 256 g/mol. The number of nitrogens with two attached hydrogens (primary N) is 1. The summed E-state index contributed by atoms with van der Waals surface area (Å²) in [7, 11) is 1.60. The van der Waals surface area contributed by atoms with Crippen LogP contribution in [0.15, 0.2) is 23.4 Å². The largest absolute Gasteiger partial charge is 0.497 e. The lowest BCUT2D eigenvalue weighted by Crippen LogP contribution is -2.24. The molecule has 20 heavy (non-hydrogen) atoms. The molecule has 1 fully saturated rings. The Morgan fingerprint density at radius 3 is 2.60 bits per heavy atom. The fraction of sp³-hybridized carbons (Fsp3) is 0.533. The average molecular weight is 278 g/mol. The second-order valence-corrected chi connectivity index (χ2v) is 5.35. The lowest BCUT2D eigenvalue weighted by Gasteiger charge is -2.27. The Morgan fingerprint density at radius 2 is 2.00 bits per heavy atom. The van der Waals surface area contributed by atoms with Crippen LogP contribution in [0.5, 0.6) is 11.5 Å². The Morgan fingerprint density at radius 1 is 1.30 bits per heavy atom. The van der Waals surface area contributed by atoms with Crippen LogP contribution in [0, 0.1) is 5.92 Å². The molecule has 0 unspecified atom stereocenters. The Labute approximate surface area is 119 Å². The van der Waals surface area contributed by atoms with Gasteiger partial charge in [-0.1, -0.05) is 12.1 Å². The van der Waals surface area contributed by atoms with Crippen LogP contribution in [0.2, 0.25) is 0 Å². The summed E-state index contributed by atoms with van der Waals surface area (Å²) in [4.78, 5) is 0. The van der Waals surface area contributed by atoms with E-state index in [4.69, 9.17) is 20.4 Å². The molecule has 0 spiro atoms. The Balaban J connectivity index is 2.19. The summed E-state index contributed by atoms with van der Waals surface area (Å²) in [6, 6.07) is 5.29. The summed E-state index contributed by atoms with van der Waals surface area (Å²) < 4.78 is 11.3. The number of methoxy groups -OCH3 is 1. The number of amidine groups is 1. The van der Waals surface area contributed by atoms with Gasteiger partial charge in [-0.3, -0.25) is 0 Å². The first-order valence-electron chi connectivity index (χ1n) is 6.96. The molecule has 5 heteroatoms. The zero-order chi connectivity index (χ0) is 14.5. The van der Waals surface area contributed by atoms with Crippen LogP contribution in [0.4, 0.5) is 0 Å². The van der Waals surface area contributed by atoms with Gasteiger partial charge in [-0.05, 0) is 43.7 Å². The predicted molar refractivity (Wildman–Crippen MR) is 77.6 cm³/mol. The minimum atomic E-state index is 0.0480. The third kappa shape index (κ3) is 3.35. The van der Waals surface area contributed by atoms with E-state index in [0.717, 1.165) is 18.8 Å². The van der Waals surface area contributed by atoms with Gasteiger partial charge in [0.2, 0.25) is 0 Å². The van der Waals surface area contributed by atoms with Crippen LogP contribution in [0.1, 0.15) is 38.2 Å². The highest BCUT2D eigenvalue weighted by molar-refractivity contribution is 5.99. The Bertz CT molecular complexity index is 480. The second-order valence-electron chi connectivity index (χ2n) is 5.35. The maximum atomic E-state index is 8.86. The molecule has 3 N–H and O–H groups in total. The van der Waals surface area contributed by atoms with Crippen molar-refractivity contribution < 1.29 is 14.7 Å². The fourth-order valence-electron chi connectivity index (χ4n) is 2.52. The maximum absolute atomic E-state index is 8.86. The molecule has 0 aromatic heterocycles. The molecule has 0 amide bonds. The first-order chi connectivity index (χ1) is 9.63. The first kappa shape index (κ1) is 14.5. The molecule has 0 heterocycles. The van der Waals surface area contributed by atoms with Crippen molar-refractivity contribution in [3.8, 4) is 11.5 Å². The molecule has 2 rings (SSSR count). The molecule has 0 saturated heterocycles. The smallest absolute Gasteiger partial charge is 0.173 e. The number of ether oxygens (including phenoxy) is 2. The van der Waals surface area contributed by atoms with Crippen molar-refractivity contribution in [1.29, 1.82) is 0 Å². The van der Waals surface area contributed by atoms with Gasteiger partial charge in [0.25, 0.3) is 0 Å². The Kier molecular flexibility index (Phi) is 4.71. The van der Waals surface area contributed by atoms with Crippen LogP contribution < -0.4 is 15.2 Å². The van der Waals surface area contributed by atoms with E-state index in [2.05, 4.69) is 12.1 Å². The molecule has 5 nitrogen and oxygen atoms in total. The van der Waals surface area contributed by atoms with Crippen molar-refractivity contribution in [2.75, 3.05) is 7.11 Å². The van der Waals surface area contributed by atoms with E-state index in [1.165, 1.54) is 12.8 Å². The molecule has 0 bridgehead atoms. The van der Waals surface area contributed by atoms with Gasteiger partial charge in [0, 0.05) is 6.07 Å². The van der Waals surface area contributed by atoms with Gasteiger partial charge in [0.15, 0.2) is 5.84 Å². The van der Waals surface area contributed by atoms with Crippen LogP contribution >= 0.6 is 0 Å². The number of rotatable bonds is 4. The van der Waals surface area contributed by atoms with Crippen molar-refractivity contribution >= 4 is 5.84 Å². The van der Waals surface area contributed by atoms with Gasteiger partial charge in [0.05, 0.1) is 18.8 Å². The summed E-state index contributed by atoms with van der Waals surface area (Å²) in [5, 5.41) is 11.9. The minimum absolute atomic E-state index is 0.0480. The van der Waals surface area contributed by atoms with Crippen molar-refractivity contribution in [2.45, 2.75) is 38.7 Å². The fourth-order valence-corrected chi connectivity index (χ4v) is 2.52. The summed E-state index contributed by atoms with van der Waals surface area (Å²) in [6.45, 7) is 2.27. The third-order valence-corrected chi connectivity index (χ3v) is 3.83. The van der Waals surface area contributed by atoms with Crippen molar-refractivity contribution in [3.63, 3.8) is 0 Å². The molecule has 110 valence electrons. The van der Waals surface area contributed by atoms with E-state index in [9.17, 15) is 0 Å². The monoisotopic (exact) mass is 278 g/mol. The number of benzene rings is 1. The van der Waals surface area contributed by atoms with Gasteiger partial charge in [-0.2, -0.15) is 0 Å². The minimum Gasteiger partial charge on any atom is -0.497 e. The summed E-state index contributed by atoms with van der Waals surface area (Å²) >= 11 is 0. The van der Waals surface area contributed by atoms with E-state index in [1.54, 1.807) is 25.3 Å². The van der Waals surface area contributed by atoms with Gasteiger partial charge in [-0.15, -0.1) is 0 Å². The quantitative estimate of drug-likeness (QED) is 0.384. The van der Waals surface area contributed by atoms with E-state index in [0.29, 0.717) is 17.1 Å². The molecule has 0 atom stereocenters. The van der Waals surface area contributed by atoms with Gasteiger partial charge in [-0.25, -0.2) is 0 Å². The molecule has 1 saturated carbocycles. The predicted octanol–water partition coefficient (Wildman–Crippen LogP) is 2.75. The summed E-state index contributed by atoms with van der Waals surface area (Å²) in [6.07, 6.45) is 4.60. The zero-order valence-corrected chi connectivity index (χ0v) is 12.0. The number of hydrogen-bond donors (Lipinski definition) is 2. The second kappa shape index (κ2) is 6.50. The highest BCUT2D eigenvalue weighted by atomic mass is 16.5. The normalized spacial score (nSPS) is 23.4. The molecule has 1 aliphatic rings. The van der Waals surface area contributed by atoms with Crippen molar-refractivity contribution in [1.82, 2.24) is 0 Å². The molecule has 1 aromatic carbocycles. The van der Waals surface area contributed by atoms with Crippen LogP contribution in [0.3, 0.4) is 0 Å². The Hall–Kier alpha value is -1.91. The SMILES string of the molecule is COc1ccc(/C(N)=N/O)c(OC2CCC(C)CC2)c1. The molecular formula is C15H22N2O3. The van der Waals surface area contributed by atoms with Gasteiger partial charge in [0.1, 0.15) is 11.5 Å². The van der Waals surface area contributed by atoms with E-state index < -0.39 is 0 Å². The summed E-state index contributed by atoms with van der Waals surface area (Å²) in [5.74, 6) is 2.12. The van der Waals surface area contributed by atoms with Crippen molar-refractivity contribution in [3.05, 3.63) is 23.8 Å². The molecule has 1 aliphatic carbocycles. The lowest BCUT2D eigenvalue weighted by atomic mass is 9.89. The number of hydrogen-bond acceptors (Lipinski definition) is 4.